The Balaban J connectivity index is 2.12. The number of aromatic nitrogens is 2. The standard InChI is InChI=1S/C13H13N3O3/c17-13(16(18)19)7-6-12-5-3-9-15(12)10-11-4-1-2-8-14-11/h1-9,18-19H,10H2. The zero-order chi connectivity index (χ0) is 13.7. The molecule has 98 valence electrons. The van der Waals surface area contributed by atoms with Gasteiger partial charge in [-0.05, 0) is 30.3 Å². The summed E-state index contributed by atoms with van der Waals surface area (Å²) in [6.45, 7) is 0.573. The third kappa shape index (κ3) is 3.51. The molecule has 6 nitrogen and oxygen atoms in total. The van der Waals surface area contributed by atoms with Gasteiger partial charge in [0.25, 0.3) is 5.91 Å². The maximum absolute atomic E-state index is 11.0. The third-order valence-electron chi connectivity index (χ3n) is 2.52. The highest BCUT2D eigenvalue weighted by molar-refractivity contribution is 5.89. The Labute approximate surface area is 109 Å². The summed E-state index contributed by atoms with van der Waals surface area (Å²) in [7, 11) is 0. The van der Waals surface area contributed by atoms with Gasteiger partial charge >= 0.3 is 0 Å². The van der Waals surface area contributed by atoms with E-state index >= 15 is 0 Å². The van der Waals surface area contributed by atoms with Gasteiger partial charge in [0.2, 0.25) is 0 Å². The Hall–Kier alpha value is -2.44. The van der Waals surface area contributed by atoms with Crippen LogP contribution in [0.4, 0.5) is 0 Å². The fraction of sp³-hybridized carbons (Fsp3) is 0.0769. The van der Waals surface area contributed by atoms with Gasteiger partial charge in [0, 0.05) is 24.2 Å². The lowest BCUT2D eigenvalue weighted by Crippen LogP contribution is -2.20. The van der Waals surface area contributed by atoms with Gasteiger partial charge in [-0.1, -0.05) is 11.3 Å². The molecule has 0 atom stereocenters. The van der Waals surface area contributed by atoms with Gasteiger partial charge in [-0.15, -0.1) is 0 Å². The molecule has 0 saturated carbocycles. The highest BCUT2D eigenvalue weighted by atomic mass is 16.8. The number of hydrogen-bond acceptors (Lipinski definition) is 4. The Morgan fingerprint density at radius 2 is 2.16 bits per heavy atom. The van der Waals surface area contributed by atoms with Gasteiger partial charge in [-0.3, -0.25) is 20.2 Å². The maximum atomic E-state index is 11.0. The van der Waals surface area contributed by atoms with E-state index in [1.807, 2.05) is 41.1 Å². The molecule has 2 aromatic rings. The number of rotatable bonds is 4. The van der Waals surface area contributed by atoms with Crippen molar-refractivity contribution in [2.24, 2.45) is 0 Å². The van der Waals surface area contributed by atoms with Gasteiger partial charge in [0.15, 0.2) is 0 Å². The molecule has 6 heteroatoms. The first kappa shape index (κ1) is 13.0. The van der Waals surface area contributed by atoms with Crippen LogP contribution < -0.4 is 0 Å². The second-order valence-electron chi connectivity index (χ2n) is 3.84. The van der Waals surface area contributed by atoms with E-state index in [-0.39, 0.29) is 0 Å². The molecule has 0 aromatic carbocycles. The fourth-order valence-corrected chi connectivity index (χ4v) is 1.61. The molecule has 2 aromatic heterocycles. The van der Waals surface area contributed by atoms with E-state index in [4.69, 9.17) is 10.4 Å². The first-order valence-electron chi connectivity index (χ1n) is 5.62. The number of amides is 1. The summed E-state index contributed by atoms with van der Waals surface area (Å²) in [4.78, 5) is 15.2. The third-order valence-corrected chi connectivity index (χ3v) is 2.52. The molecule has 1 amide bonds. The molecule has 2 N–H and O–H groups in total. The van der Waals surface area contributed by atoms with E-state index in [0.29, 0.717) is 6.54 Å². The average Bonchev–Trinajstić information content (AvgIpc) is 2.84. The number of pyridine rings is 1. The summed E-state index contributed by atoms with van der Waals surface area (Å²) in [5.41, 5.74) is 1.66. The van der Waals surface area contributed by atoms with Crippen LogP contribution in [0.5, 0.6) is 0 Å². The highest BCUT2D eigenvalue weighted by Crippen LogP contribution is 2.08. The summed E-state index contributed by atoms with van der Waals surface area (Å²) >= 11 is 0. The summed E-state index contributed by atoms with van der Waals surface area (Å²) in [5, 5.41) is 16.6. The van der Waals surface area contributed by atoms with Gasteiger partial charge in [0.1, 0.15) is 0 Å². The molecule has 0 aliphatic rings. The van der Waals surface area contributed by atoms with E-state index in [2.05, 4.69) is 4.98 Å². The van der Waals surface area contributed by atoms with Crippen molar-refractivity contribution < 1.29 is 15.2 Å². The van der Waals surface area contributed by atoms with Crippen LogP contribution in [-0.2, 0) is 11.3 Å². The lowest BCUT2D eigenvalue weighted by molar-refractivity contribution is -0.280. The number of hydroxylamine groups is 2. The molecule has 19 heavy (non-hydrogen) atoms. The van der Waals surface area contributed by atoms with Crippen molar-refractivity contribution in [3.8, 4) is 0 Å². The second-order valence-corrected chi connectivity index (χ2v) is 3.84. The molecule has 0 spiro atoms. The summed E-state index contributed by atoms with van der Waals surface area (Å²) < 4.78 is 1.89. The minimum absolute atomic E-state index is 0.456. The molecule has 0 aliphatic carbocycles. The minimum atomic E-state index is -0.911. The molecule has 0 fully saturated rings. The number of carbonyl (C=O) groups is 1. The molecule has 0 aliphatic heterocycles. The van der Waals surface area contributed by atoms with Crippen LogP contribution >= 0.6 is 0 Å². The molecule has 2 heterocycles. The average molecular weight is 259 g/mol. The second kappa shape index (κ2) is 5.94. The van der Waals surface area contributed by atoms with Gasteiger partial charge in [-0.2, -0.15) is 0 Å². The Morgan fingerprint density at radius 3 is 2.84 bits per heavy atom. The van der Waals surface area contributed by atoms with E-state index in [1.54, 1.807) is 6.20 Å². The normalized spacial score (nSPS) is 10.8. The van der Waals surface area contributed by atoms with Crippen LogP contribution in [0.15, 0.2) is 48.8 Å². The van der Waals surface area contributed by atoms with E-state index < -0.39 is 11.1 Å². The highest BCUT2D eigenvalue weighted by Gasteiger charge is 2.04. The molecule has 0 saturated heterocycles. The summed E-state index contributed by atoms with van der Waals surface area (Å²) in [6.07, 6.45) is 6.15. The van der Waals surface area contributed by atoms with E-state index in [9.17, 15) is 4.79 Å². The SMILES string of the molecule is O=C(C=Cc1cccn1Cc1ccccn1)N(O)O. The predicted octanol–water partition coefficient (Wildman–Crippen LogP) is 1.55. The number of carbonyl (C=O) groups excluding carboxylic acids is 1. The molecular formula is C13H13N3O3. The van der Waals surface area contributed by atoms with Crippen molar-refractivity contribution in [3.63, 3.8) is 0 Å². The maximum Gasteiger partial charge on any atom is 0.296 e. The summed E-state index contributed by atoms with van der Waals surface area (Å²) in [6, 6.07) is 9.30. The predicted molar refractivity (Wildman–Crippen MR) is 67.2 cm³/mol. The number of hydrogen-bond donors (Lipinski definition) is 2. The Morgan fingerprint density at radius 1 is 1.32 bits per heavy atom. The smallest absolute Gasteiger partial charge is 0.296 e. The van der Waals surface area contributed by atoms with Crippen molar-refractivity contribution in [2.45, 2.75) is 6.54 Å². The van der Waals surface area contributed by atoms with Crippen LogP contribution in [0.25, 0.3) is 6.08 Å². The van der Waals surface area contributed by atoms with Gasteiger partial charge in [0.05, 0.1) is 12.2 Å². The van der Waals surface area contributed by atoms with Gasteiger partial charge in [-0.25, -0.2) is 0 Å². The van der Waals surface area contributed by atoms with Crippen LogP contribution in [0.1, 0.15) is 11.4 Å². The Kier molecular flexibility index (Phi) is 4.07. The first-order chi connectivity index (χ1) is 9.16. The fourth-order valence-electron chi connectivity index (χ4n) is 1.61. The van der Waals surface area contributed by atoms with Crippen molar-refractivity contribution >= 4 is 12.0 Å². The molecular weight excluding hydrogens is 246 g/mol. The quantitative estimate of drug-likeness (QED) is 0.496. The first-order valence-corrected chi connectivity index (χ1v) is 5.62. The largest absolute Gasteiger partial charge is 0.342 e. The molecule has 2 rings (SSSR count). The number of nitrogens with zero attached hydrogens (tertiary/aromatic N) is 3. The lowest BCUT2D eigenvalue weighted by atomic mass is 10.3. The zero-order valence-electron chi connectivity index (χ0n) is 10.0. The van der Waals surface area contributed by atoms with Crippen molar-refractivity contribution in [1.29, 1.82) is 0 Å². The lowest BCUT2D eigenvalue weighted by Gasteiger charge is -2.06. The van der Waals surface area contributed by atoms with E-state index in [0.717, 1.165) is 17.5 Å². The van der Waals surface area contributed by atoms with Crippen LogP contribution in [0.3, 0.4) is 0 Å². The van der Waals surface area contributed by atoms with Crippen LogP contribution in [0, 0.1) is 0 Å². The zero-order valence-corrected chi connectivity index (χ0v) is 10.0. The topological polar surface area (TPSA) is 78.6 Å². The molecule has 0 bridgehead atoms. The van der Waals surface area contributed by atoms with Gasteiger partial charge < -0.3 is 4.57 Å². The van der Waals surface area contributed by atoms with Crippen molar-refractivity contribution in [1.82, 2.24) is 14.8 Å². The van der Waals surface area contributed by atoms with Crippen molar-refractivity contribution in [3.05, 3.63) is 60.2 Å². The molecule has 0 unspecified atom stereocenters. The molecule has 0 radical (unpaired) electrons. The van der Waals surface area contributed by atoms with Crippen LogP contribution in [-0.4, -0.2) is 31.1 Å². The minimum Gasteiger partial charge on any atom is -0.342 e. The summed E-state index contributed by atoms with van der Waals surface area (Å²) in [5.74, 6) is -0.911. The Bertz CT molecular complexity index is 576. The van der Waals surface area contributed by atoms with Crippen LogP contribution in [0.2, 0.25) is 0 Å². The van der Waals surface area contributed by atoms with E-state index in [1.165, 1.54) is 6.08 Å². The van der Waals surface area contributed by atoms with Crippen molar-refractivity contribution in [2.75, 3.05) is 0 Å². The monoisotopic (exact) mass is 259 g/mol.